The smallest absolute Gasteiger partial charge is 0.105 e. The molecule has 0 atom stereocenters. The summed E-state index contributed by atoms with van der Waals surface area (Å²) < 4.78 is 0. The molecule has 0 amide bonds. The summed E-state index contributed by atoms with van der Waals surface area (Å²) in [6, 6.07) is 5.49. The summed E-state index contributed by atoms with van der Waals surface area (Å²) in [4.78, 5) is 4.07. The van der Waals surface area contributed by atoms with E-state index in [0.29, 0.717) is 24.4 Å². The topological polar surface area (TPSA) is 71.5 Å². The molecule has 0 saturated heterocycles. The van der Waals surface area contributed by atoms with E-state index in [9.17, 15) is 0 Å². The van der Waals surface area contributed by atoms with Crippen molar-refractivity contribution in [1.82, 2.24) is 4.98 Å². The zero-order valence-electron chi connectivity index (χ0n) is 7.76. The van der Waals surface area contributed by atoms with Crippen LogP contribution in [-0.4, -0.2) is 22.4 Å². The summed E-state index contributed by atoms with van der Waals surface area (Å²) in [6.07, 6.45) is 3.13. The fourth-order valence-corrected chi connectivity index (χ4v) is 1.03. The molecule has 78 valence electrons. The molecular formula is C9H14ClN3O. The number of oxime groups is 1. The molecule has 4 nitrogen and oxygen atoms in total. The first-order valence-corrected chi connectivity index (χ1v) is 4.21. The lowest BCUT2D eigenvalue weighted by atomic mass is 10.1. The Morgan fingerprint density at radius 1 is 1.50 bits per heavy atom. The Labute approximate surface area is 89.2 Å². The highest BCUT2D eigenvalue weighted by Gasteiger charge is 2.03. The van der Waals surface area contributed by atoms with Crippen molar-refractivity contribution in [3.63, 3.8) is 0 Å². The van der Waals surface area contributed by atoms with Gasteiger partial charge in [0, 0.05) is 6.20 Å². The van der Waals surface area contributed by atoms with Gasteiger partial charge in [0.2, 0.25) is 0 Å². The Morgan fingerprint density at radius 2 is 2.29 bits per heavy atom. The molecule has 0 radical (unpaired) electrons. The highest BCUT2D eigenvalue weighted by molar-refractivity contribution is 5.98. The molecule has 0 aliphatic heterocycles. The number of aromatic nitrogens is 1. The fourth-order valence-electron chi connectivity index (χ4n) is 1.03. The van der Waals surface area contributed by atoms with Gasteiger partial charge >= 0.3 is 0 Å². The summed E-state index contributed by atoms with van der Waals surface area (Å²) in [5.74, 6) is 0. The molecule has 0 fully saturated rings. The van der Waals surface area contributed by atoms with Crippen LogP contribution in [0.2, 0.25) is 0 Å². The fraction of sp³-hybridized carbons (Fsp3) is 0.333. The van der Waals surface area contributed by atoms with Crippen LogP contribution in [-0.2, 0) is 0 Å². The Kier molecular flexibility index (Phi) is 6.70. The van der Waals surface area contributed by atoms with Gasteiger partial charge in [0.25, 0.3) is 0 Å². The van der Waals surface area contributed by atoms with Crippen LogP contribution in [0.25, 0.3) is 0 Å². The van der Waals surface area contributed by atoms with E-state index in [1.54, 1.807) is 6.20 Å². The average Bonchev–Trinajstić information content (AvgIpc) is 2.21. The largest absolute Gasteiger partial charge is 0.411 e. The standard InChI is InChI=1S/C9H13N3O.ClH/c10-6-3-5-9(12-13)8-4-1-2-7-11-8;/h1-2,4,7,13H,3,5-6,10H2;1H/b12-9-;. The lowest BCUT2D eigenvalue weighted by molar-refractivity contribution is 0.317. The maximum Gasteiger partial charge on any atom is 0.105 e. The summed E-state index contributed by atoms with van der Waals surface area (Å²) in [7, 11) is 0. The molecule has 0 bridgehead atoms. The van der Waals surface area contributed by atoms with Crippen molar-refractivity contribution in [2.45, 2.75) is 12.8 Å². The van der Waals surface area contributed by atoms with Gasteiger partial charge in [-0.15, -0.1) is 12.4 Å². The minimum atomic E-state index is 0. The quantitative estimate of drug-likeness (QED) is 0.453. The molecule has 1 heterocycles. The van der Waals surface area contributed by atoms with E-state index in [-0.39, 0.29) is 12.4 Å². The molecule has 14 heavy (non-hydrogen) atoms. The third kappa shape index (κ3) is 3.72. The minimum absolute atomic E-state index is 0. The lowest BCUT2D eigenvalue weighted by Gasteiger charge is -2.01. The molecule has 0 saturated carbocycles. The summed E-state index contributed by atoms with van der Waals surface area (Å²) >= 11 is 0. The SMILES string of the molecule is Cl.NCCC/C(=N/O)c1ccccn1. The average molecular weight is 216 g/mol. The molecule has 0 unspecified atom stereocenters. The highest BCUT2D eigenvalue weighted by atomic mass is 35.5. The third-order valence-electron chi connectivity index (χ3n) is 1.70. The van der Waals surface area contributed by atoms with Crippen LogP contribution < -0.4 is 5.73 Å². The van der Waals surface area contributed by atoms with Crippen LogP contribution in [0, 0.1) is 0 Å². The van der Waals surface area contributed by atoms with Crippen LogP contribution in [0.15, 0.2) is 29.6 Å². The van der Waals surface area contributed by atoms with Crippen molar-refractivity contribution >= 4 is 18.1 Å². The van der Waals surface area contributed by atoms with Crippen molar-refractivity contribution in [2.75, 3.05) is 6.54 Å². The second-order valence-corrected chi connectivity index (χ2v) is 2.65. The van der Waals surface area contributed by atoms with E-state index in [0.717, 1.165) is 6.42 Å². The molecule has 1 aromatic rings. The number of nitrogens with zero attached hydrogens (tertiary/aromatic N) is 2. The predicted octanol–water partition coefficient (Wildman–Crippen LogP) is 1.42. The first-order chi connectivity index (χ1) is 6.38. The lowest BCUT2D eigenvalue weighted by Crippen LogP contribution is -2.07. The van der Waals surface area contributed by atoms with Crippen molar-refractivity contribution in [1.29, 1.82) is 0 Å². The number of pyridine rings is 1. The second kappa shape index (κ2) is 7.29. The molecule has 0 spiro atoms. The molecule has 5 heteroatoms. The van der Waals surface area contributed by atoms with Gasteiger partial charge < -0.3 is 10.9 Å². The highest BCUT2D eigenvalue weighted by Crippen LogP contribution is 2.02. The number of rotatable bonds is 4. The number of halogens is 1. The van der Waals surface area contributed by atoms with Gasteiger partial charge in [0.15, 0.2) is 0 Å². The van der Waals surface area contributed by atoms with Crippen molar-refractivity contribution in [3.8, 4) is 0 Å². The molecule has 0 aromatic carbocycles. The Hall–Kier alpha value is -1.13. The van der Waals surface area contributed by atoms with Crippen LogP contribution >= 0.6 is 12.4 Å². The number of hydrogen-bond acceptors (Lipinski definition) is 4. The molecule has 1 aromatic heterocycles. The normalized spacial score (nSPS) is 10.8. The van der Waals surface area contributed by atoms with E-state index < -0.39 is 0 Å². The zero-order valence-corrected chi connectivity index (χ0v) is 8.57. The Morgan fingerprint density at radius 3 is 2.79 bits per heavy atom. The maximum atomic E-state index is 8.71. The van der Waals surface area contributed by atoms with E-state index in [1.807, 2.05) is 18.2 Å². The molecule has 3 N–H and O–H groups in total. The maximum absolute atomic E-state index is 8.71. The van der Waals surface area contributed by atoms with Crippen molar-refractivity contribution in [3.05, 3.63) is 30.1 Å². The summed E-state index contributed by atoms with van der Waals surface area (Å²) in [5, 5.41) is 11.9. The van der Waals surface area contributed by atoms with Gasteiger partial charge in [-0.3, -0.25) is 4.98 Å². The summed E-state index contributed by atoms with van der Waals surface area (Å²) in [5.41, 5.74) is 6.65. The molecular weight excluding hydrogens is 202 g/mol. The van der Waals surface area contributed by atoms with Gasteiger partial charge in [-0.25, -0.2) is 0 Å². The Balaban J connectivity index is 0.00000169. The van der Waals surface area contributed by atoms with Gasteiger partial charge in [0.05, 0.1) is 5.69 Å². The van der Waals surface area contributed by atoms with Gasteiger partial charge in [-0.1, -0.05) is 11.2 Å². The van der Waals surface area contributed by atoms with Gasteiger partial charge in [-0.2, -0.15) is 0 Å². The Bertz CT molecular complexity index is 277. The number of hydrogen-bond donors (Lipinski definition) is 2. The zero-order chi connectivity index (χ0) is 9.52. The third-order valence-corrected chi connectivity index (χ3v) is 1.70. The van der Waals surface area contributed by atoms with Crippen LogP contribution in [0.5, 0.6) is 0 Å². The van der Waals surface area contributed by atoms with E-state index in [4.69, 9.17) is 10.9 Å². The van der Waals surface area contributed by atoms with E-state index in [2.05, 4.69) is 10.1 Å². The molecule has 0 aliphatic carbocycles. The van der Waals surface area contributed by atoms with Crippen LogP contribution in [0.1, 0.15) is 18.5 Å². The van der Waals surface area contributed by atoms with Gasteiger partial charge in [0.1, 0.15) is 5.71 Å². The number of nitrogens with two attached hydrogens (primary N) is 1. The second-order valence-electron chi connectivity index (χ2n) is 2.65. The van der Waals surface area contributed by atoms with Crippen molar-refractivity contribution < 1.29 is 5.21 Å². The summed E-state index contributed by atoms with van der Waals surface area (Å²) in [6.45, 7) is 0.589. The minimum Gasteiger partial charge on any atom is -0.411 e. The van der Waals surface area contributed by atoms with Crippen molar-refractivity contribution in [2.24, 2.45) is 10.9 Å². The monoisotopic (exact) mass is 215 g/mol. The molecule has 1 rings (SSSR count). The first kappa shape index (κ1) is 12.9. The van der Waals surface area contributed by atoms with Gasteiger partial charge in [-0.05, 0) is 31.5 Å². The van der Waals surface area contributed by atoms with E-state index in [1.165, 1.54) is 0 Å². The van der Waals surface area contributed by atoms with E-state index >= 15 is 0 Å². The van der Waals surface area contributed by atoms with Crippen LogP contribution in [0.4, 0.5) is 0 Å². The van der Waals surface area contributed by atoms with Crippen LogP contribution in [0.3, 0.4) is 0 Å². The first-order valence-electron chi connectivity index (χ1n) is 4.21. The predicted molar refractivity (Wildman–Crippen MR) is 58.1 cm³/mol. The molecule has 0 aliphatic rings.